The van der Waals surface area contributed by atoms with Gasteiger partial charge in [0.15, 0.2) is 0 Å². The first-order valence-electron chi connectivity index (χ1n) is 6.03. The van der Waals surface area contributed by atoms with Crippen molar-refractivity contribution in [1.29, 1.82) is 0 Å². The molecular weight excluding hydrogens is 449 g/mol. The van der Waals surface area contributed by atoms with Crippen molar-refractivity contribution in [2.24, 2.45) is 0 Å². The lowest BCUT2D eigenvalue weighted by Gasteiger charge is -2.08. The molecule has 0 saturated heterocycles. The van der Waals surface area contributed by atoms with Gasteiger partial charge >= 0.3 is 5.97 Å². The summed E-state index contributed by atoms with van der Waals surface area (Å²) in [6, 6.07) is 12.3. The van der Waals surface area contributed by atoms with Gasteiger partial charge < -0.3 is 10.4 Å². The highest BCUT2D eigenvalue weighted by Gasteiger charge is 2.11. The van der Waals surface area contributed by atoms with Crippen LogP contribution in [0.25, 0.3) is 0 Å². The van der Waals surface area contributed by atoms with Gasteiger partial charge in [0.05, 0.1) is 12.0 Å². The average molecular weight is 460 g/mol. The minimum atomic E-state index is -0.879. The number of benzene rings is 2. The third kappa shape index (κ3) is 4.53. The Morgan fingerprint density at radius 1 is 1.14 bits per heavy atom. The fourth-order valence-electron chi connectivity index (χ4n) is 1.75. The zero-order valence-electron chi connectivity index (χ0n) is 10.8. The van der Waals surface area contributed by atoms with Crippen LogP contribution in [0.15, 0.2) is 46.9 Å². The number of anilines is 1. The summed E-state index contributed by atoms with van der Waals surface area (Å²) < 4.78 is 1.70. The van der Waals surface area contributed by atoms with E-state index in [1.165, 1.54) is 0 Å². The van der Waals surface area contributed by atoms with Crippen LogP contribution in [0.3, 0.4) is 0 Å². The van der Waals surface area contributed by atoms with E-state index in [2.05, 4.69) is 43.8 Å². The first-order chi connectivity index (χ1) is 9.95. The summed E-state index contributed by atoms with van der Waals surface area (Å²) in [5.74, 6) is -1.08. The predicted octanol–water partition coefficient (Wildman–Crippen LogP) is 3.93. The monoisotopic (exact) mass is 459 g/mol. The summed E-state index contributed by atoms with van der Waals surface area (Å²) in [6.45, 7) is 0. The van der Waals surface area contributed by atoms with Crippen LogP contribution in [0.1, 0.15) is 15.9 Å². The number of amides is 1. The molecule has 2 aromatic rings. The van der Waals surface area contributed by atoms with Crippen molar-refractivity contribution in [1.82, 2.24) is 0 Å². The summed E-state index contributed by atoms with van der Waals surface area (Å²) in [7, 11) is 0. The highest BCUT2D eigenvalue weighted by molar-refractivity contribution is 14.1. The molecule has 6 heteroatoms. The first kappa shape index (κ1) is 16.0. The number of hydrogen-bond acceptors (Lipinski definition) is 2. The van der Waals surface area contributed by atoms with Crippen LogP contribution < -0.4 is 5.32 Å². The zero-order chi connectivity index (χ0) is 15.4. The van der Waals surface area contributed by atoms with E-state index < -0.39 is 5.97 Å². The van der Waals surface area contributed by atoms with Crippen molar-refractivity contribution in [3.05, 3.63) is 61.6 Å². The fourth-order valence-corrected chi connectivity index (χ4v) is 2.69. The van der Waals surface area contributed by atoms with Crippen LogP contribution in [-0.2, 0) is 11.2 Å². The highest BCUT2D eigenvalue weighted by Crippen LogP contribution is 2.20. The molecule has 0 atom stereocenters. The minimum Gasteiger partial charge on any atom is -0.481 e. The Morgan fingerprint density at radius 3 is 2.43 bits per heavy atom. The number of nitrogens with one attached hydrogen (secondary N) is 1. The van der Waals surface area contributed by atoms with Crippen molar-refractivity contribution >= 4 is 56.1 Å². The number of carbonyl (C=O) groups is 2. The van der Waals surface area contributed by atoms with Crippen molar-refractivity contribution < 1.29 is 14.7 Å². The Bertz CT molecular complexity index is 686. The van der Waals surface area contributed by atoms with Crippen molar-refractivity contribution in [3.8, 4) is 0 Å². The van der Waals surface area contributed by atoms with Gasteiger partial charge in [0.1, 0.15) is 0 Å². The zero-order valence-corrected chi connectivity index (χ0v) is 14.5. The van der Waals surface area contributed by atoms with E-state index in [0.29, 0.717) is 16.8 Å². The second kappa shape index (κ2) is 7.04. The molecule has 0 saturated carbocycles. The van der Waals surface area contributed by atoms with Gasteiger partial charge in [-0.05, 0) is 58.5 Å². The fraction of sp³-hybridized carbons (Fsp3) is 0.0667. The lowest BCUT2D eigenvalue weighted by molar-refractivity contribution is -0.136. The molecule has 4 nitrogen and oxygen atoms in total. The van der Waals surface area contributed by atoms with Gasteiger partial charge in [0.2, 0.25) is 0 Å². The van der Waals surface area contributed by atoms with E-state index in [-0.39, 0.29) is 12.3 Å². The average Bonchev–Trinajstić information content (AvgIpc) is 2.43. The molecule has 0 fully saturated rings. The molecule has 0 spiro atoms. The topological polar surface area (TPSA) is 66.4 Å². The molecule has 0 aliphatic rings. The van der Waals surface area contributed by atoms with Crippen molar-refractivity contribution in [3.63, 3.8) is 0 Å². The molecule has 2 N–H and O–H groups in total. The van der Waals surface area contributed by atoms with Crippen LogP contribution >= 0.6 is 38.5 Å². The number of hydrogen-bond donors (Lipinski definition) is 2. The molecule has 0 aliphatic heterocycles. The minimum absolute atomic E-state index is 0.0300. The SMILES string of the molecule is O=C(O)Cc1ccc(NC(=O)c2cc(Br)ccc2I)cc1. The van der Waals surface area contributed by atoms with Gasteiger partial charge in [0, 0.05) is 13.7 Å². The van der Waals surface area contributed by atoms with E-state index in [1.807, 2.05) is 12.1 Å². The van der Waals surface area contributed by atoms with Gasteiger partial charge in [-0.3, -0.25) is 9.59 Å². The van der Waals surface area contributed by atoms with Gasteiger partial charge in [-0.25, -0.2) is 0 Å². The molecule has 2 rings (SSSR count). The Morgan fingerprint density at radius 2 is 1.81 bits per heavy atom. The molecule has 1 amide bonds. The molecule has 0 unspecified atom stereocenters. The third-order valence-corrected chi connectivity index (χ3v) is 4.17. The summed E-state index contributed by atoms with van der Waals surface area (Å²) in [6.07, 6.45) is -0.0300. The van der Waals surface area contributed by atoms with Crippen LogP contribution in [0, 0.1) is 3.57 Å². The normalized spacial score (nSPS) is 10.2. The Kier molecular flexibility index (Phi) is 5.35. The van der Waals surface area contributed by atoms with Crippen LogP contribution in [0.2, 0.25) is 0 Å². The van der Waals surface area contributed by atoms with Crippen LogP contribution in [0.5, 0.6) is 0 Å². The summed E-state index contributed by atoms with van der Waals surface area (Å²) in [5.41, 5.74) is 1.90. The van der Waals surface area contributed by atoms with Crippen molar-refractivity contribution in [2.45, 2.75) is 6.42 Å². The van der Waals surface area contributed by atoms with E-state index in [4.69, 9.17) is 5.11 Å². The molecule has 21 heavy (non-hydrogen) atoms. The van der Waals surface area contributed by atoms with Gasteiger partial charge in [-0.2, -0.15) is 0 Å². The van der Waals surface area contributed by atoms with Gasteiger partial charge in [-0.15, -0.1) is 0 Å². The highest BCUT2D eigenvalue weighted by atomic mass is 127. The number of halogens is 2. The molecule has 0 aliphatic carbocycles. The quantitative estimate of drug-likeness (QED) is 0.680. The summed E-state index contributed by atoms with van der Waals surface area (Å²) in [4.78, 5) is 22.8. The third-order valence-electron chi connectivity index (χ3n) is 2.74. The maximum atomic E-state index is 12.2. The number of carboxylic acid groups (broad SMARTS) is 1. The lowest BCUT2D eigenvalue weighted by atomic mass is 10.1. The number of carbonyl (C=O) groups excluding carboxylic acids is 1. The first-order valence-corrected chi connectivity index (χ1v) is 7.90. The van der Waals surface area contributed by atoms with Crippen LogP contribution in [-0.4, -0.2) is 17.0 Å². The van der Waals surface area contributed by atoms with E-state index in [0.717, 1.165) is 8.04 Å². The van der Waals surface area contributed by atoms with Gasteiger partial charge in [0.25, 0.3) is 5.91 Å². The molecular formula is C15H11BrINO3. The summed E-state index contributed by atoms with van der Waals surface area (Å²) >= 11 is 5.45. The van der Waals surface area contributed by atoms with Crippen molar-refractivity contribution in [2.75, 3.05) is 5.32 Å². The molecule has 0 bridgehead atoms. The Balaban J connectivity index is 2.12. The standard InChI is InChI=1S/C15H11BrINO3/c16-10-3-6-13(17)12(8-10)15(21)18-11-4-1-9(2-5-11)7-14(19)20/h1-6,8H,7H2,(H,18,21)(H,19,20). The number of carboxylic acids is 1. The largest absolute Gasteiger partial charge is 0.481 e. The second-order valence-corrected chi connectivity index (χ2v) is 6.42. The molecule has 108 valence electrons. The predicted molar refractivity (Wildman–Crippen MR) is 92.6 cm³/mol. The Hall–Kier alpha value is -1.41. The number of aliphatic carboxylic acids is 1. The smallest absolute Gasteiger partial charge is 0.307 e. The summed E-state index contributed by atoms with van der Waals surface area (Å²) in [5, 5.41) is 11.5. The molecule has 0 heterocycles. The van der Waals surface area contributed by atoms with Gasteiger partial charge in [-0.1, -0.05) is 28.1 Å². The second-order valence-electron chi connectivity index (χ2n) is 4.35. The number of rotatable bonds is 4. The molecule has 0 aromatic heterocycles. The lowest BCUT2D eigenvalue weighted by Crippen LogP contribution is -2.13. The van der Waals surface area contributed by atoms with E-state index >= 15 is 0 Å². The maximum absolute atomic E-state index is 12.2. The van der Waals surface area contributed by atoms with E-state index in [1.54, 1.807) is 30.3 Å². The van der Waals surface area contributed by atoms with Crippen LogP contribution in [0.4, 0.5) is 5.69 Å². The molecule has 0 radical (unpaired) electrons. The molecule has 2 aromatic carbocycles. The Labute approximate surface area is 143 Å². The van der Waals surface area contributed by atoms with E-state index in [9.17, 15) is 9.59 Å². The maximum Gasteiger partial charge on any atom is 0.307 e.